The third-order valence-corrected chi connectivity index (χ3v) is 6.08. The second-order valence-corrected chi connectivity index (χ2v) is 7.58. The van der Waals surface area contributed by atoms with Gasteiger partial charge in [0.1, 0.15) is 0 Å². The maximum Gasteiger partial charge on any atom is 0.236 e. The highest BCUT2D eigenvalue weighted by Gasteiger charge is 2.36. The molecule has 2 aliphatic heterocycles. The number of carbonyl (C=O) groups excluding carboxylic acids is 1. The minimum atomic E-state index is 0.141. The summed E-state index contributed by atoms with van der Waals surface area (Å²) in [5.74, 6) is 1.29. The zero-order valence-corrected chi connectivity index (χ0v) is 14.3. The molecule has 120 valence electrons. The van der Waals surface area contributed by atoms with Crippen LogP contribution >= 0.6 is 11.8 Å². The molecule has 2 fully saturated rings. The van der Waals surface area contributed by atoms with Crippen molar-refractivity contribution in [2.24, 2.45) is 0 Å². The topological polar surface area (TPSA) is 29.5 Å². The van der Waals surface area contributed by atoms with E-state index in [0.717, 1.165) is 44.8 Å². The third-order valence-electron chi connectivity index (χ3n) is 4.77. The molecule has 1 aromatic carbocycles. The second-order valence-electron chi connectivity index (χ2n) is 6.39. The largest absolute Gasteiger partial charge is 0.381 e. The third kappa shape index (κ3) is 3.49. The lowest BCUT2D eigenvalue weighted by Gasteiger charge is -2.31. The first-order valence-electron chi connectivity index (χ1n) is 8.21. The number of carbonyl (C=O) groups is 1. The predicted molar refractivity (Wildman–Crippen MR) is 91.2 cm³/mol. The van der Waals surface area contributed by atoms with Crippen molar-refractivity contribution in [1.82, 2.24) is 4.90 Å². The molecule has 0 saturated carbocycles. The van der Waals surface area contributed by atoms with Gasteiger partial charge in [-0.2, -0.15) is 0 Å². The van der Waals surface area contributed by atoms with Crippen LogP contribution in [0.5, 0.6) is 0 Å². The Labute approximate surface area is 137 Å². The molecule has 3 nitrogen and oxygen atoms in total. The molecule has 1 amide bonds. The van der Waals surface area contributed by atoms with Crippen LogP contribution in [0.3, 0.4) is 0 Å². The van der Waals surface area contributed by atoms with E-state index in [9.17, 15) is 4.79 Å². The fraction of sp³-hybridized carbons (Fsp3) is 0.611. The van der Waals surface area contributed by atoms with Crippen LogP contribution < -0.4 is 0 Å². The molecular formula is C18H25NO2S. The van der Waals surface area contributed by atoms with Crippen molar-refractivity contribution >= 4 is 17.7 Å². The van der Waals surface area contributed by atoms with Gasteiger partial charge in [-0.3, -0.25) is 4.79 Å². The first-order valence-corrected chi connectivity index (χ1v) is 9.26. The van der Waals surface area contributed by atoms with Gasteiger partial charge in [0.15, 0.2) is 0 Å². The summed E-state index contributed by atoms with van der Waals surface area (Å²) in [4.78, 5) is 14.8. The van der Waals surface area contributed by atoms with Gasteiger partial charge < -0.3 is 9.64 Å². The molecule has 22 heavy (non-hydrogen) atoms. The van der Waals surface area contributed by atoms with Crippen LogP contribution in [-0.4, -0.2) is 41.9 Å². The van der Waals surface area contributed by atoms with Gasteiger partial charge in [-0.05, 0) is 44.2 Å². The van der Waals surface area contributed by atoms with Crippen LogP contribution in [0.4, 0.5) is 0 Å². The normalized spacial score (nSPS) is 23.3. The van der Waals surface area contributed by atoms with Crippen molar-refractivity contribution in [2.45, 2.75) is 50.2 Å². The average molecular weight is 319 g/mol. The van der Waals surface area contributed by atoms with Crippen LogP contribution in [0.25, 0.3) is 0 Å². The van der Waals surface area contributed by atoms with Crippen LogP contribution in [-0.2, 0) is 15.3 Å². The van der Waals surface area contributed by atoms with E-state index in [1.807, 2.05) is 11.8 Å². The van der Waals surface area contributed by atoms with Gasteiger partial charge >= 0.3 is 0 Å². The molecule has 1 unspecified atom stereocenters. The summed E-state index contributed by atoms with van der Waals surface area (Å²) in [7, 11) is 0. The summed E-state index contributed by atoms with van der Waals surface area (Å²) in [6.07, 6.45) is 2.99. The summed E-state index contributed by atoms with van der Waals surface area (Å²) >= 11 is 1.81. The summed E-state index contributed by atoms with van der Waals surface area (Å²) < 4.78 is 5.41. The summed E-state index contributed by atoms with van der Waals surface area (Å²) in [5.41, 5.74) is 3.98. The minimum Gasteiger partial charge on any atom is -0.381 e. The number of likely N-dealkylation sites (tertiary alicyclic amines) is 1. The monoisotopic (exact) mass is 319 g/mol. The maximum absolute atomic E-state index is 12.6. The standard InChI is InChI=1S/C18H25NO2S/c1-13-3-4-14(2)15(11-13)12-22-17-5-8-19(18(17)20)16-6-9-21-10-7-16/h3-4,11,16-17H,5-10,12H2,1-2H3. The first-order chi connectivity index (χ1) is 10.6. The van der Waals surface area contributed by atoms with Crippen LogP contribution in [0.2, 0.25) is 0 Å². The van der Waals surface area contributed by atoms with Gasteiger partial charge in [0.25, 0.3) is 0 Å². The van der Waals surface area contributed by atoms with E-state index < -0.39 is 0 Å². The van der Waals surface area contributed by atoms with Crippen LogP contribution in [0.15, 0.2) is 18.2 Å². The van der Waals surface area contributed by atoms with Crippen LogP contribution in [0.1, 0.15) is 36.0 Å². The zero-order chi connectivity index (χ0) is 15.5. The number of hydrogen-bond acceptors (Lipinski definition) is 3. The SMILES string of the molecule is Cc1ccc(C)c(CSC2CCN(C3CCOCC3)C2=O)c1. The fourth-order valence-electron chi connectivity index (χ4n) is 3.34. The minimum absolute atomic E-state index is 0.141. The van der Waals surface area contributed by atoms with Gasteiger partial charge in [-0.25, -0.2) is 0 Å². The van der Waals surface area contributed by atoms with E-state index in [1.54, 1.807) is 0 Å². The van der Waals surface area contributed by atoms with E-state index in [2.05, 4.69) is 36.9 Å². The molecule has 4 heteroatoms. The lowest BCUT2D eigenvalue weighted by atomic mass is 10.1. The van der Waals surface area contributed by atoms with E-state index >= 15 is 0 Å². The highest BCUT2D eigenvalue weighted by molar-refractivity contribution is 7.99. The zero-order valence-electron chi connectivity index (χ0n) is 13.5. The Balaban J connectivity index is 1.57. The van der Waals surface area contributed by atoms with E-state index in [1.165, 1.54) is 16.7 Å². The van der Waals surface area contributed by atoms with Crippen molar-refractivity contribution in [3.63, 3.8) is 0 Å². The molecule has 2 aliphatic rings. The van der Waals surface area contributed by atoms with Crippen LogP contribution in [0, 0.1) is 13.8 Å². The number of aryl methyl sites for hydroxylation is 2. The number of amides is 1. The molecule has 2 saturated heterocycles. The molecule has 0 bridgehead atoms. The van der Waals surface area contributed by atoms with Gasteiger partial charge in [-0.15, -0.1) is 11.8 Å². The molecule has 3 rings (SSSR count). The summed E-state index contributed by atoms with van der Waals surface area (Å²) in [6, 6.07) is 6.98. The Bertz CT molecular complexity index is 540. The maximum atomic E-state index is 12.6. The molecule has 0 aromatic heterocycles. The molecule has 0 N–H and O–H groups in total. The summed E-state index contributed by atoms with van der Waals surface area (Å²) in [5, 5.41) is 0.141. The van der Waals surface area contributed by atoms with E-state index in [-0.39, 0.29) is 5.25 Å². The molecule has 0 spiro atoms. The quantitative estimate of drug-likeness (QED) is 0.853. The van der Waals surface area contributed by atoms with Gasteiger partial charge in [0, 0.05) is 31.6 Å². The van der Waals surface area contributed by atoms with Crippen molar-refractivity contribution < 1.29 is 9.53 Å². The molecule has 0 radical (unpaired) electrons. The smallest absolute Gasteiger partial charge is 0.236 e. The lowest BCUT2D eigenvalue weighted by Crippen LogP contribution is -2.41. The van der Waals surface area contributed by atoms with Crippen molar-refractivity contribution in [1.29, 1.82) is 0 Å². The molecule has 2 heterocycles. The van der Waals surface area contributed by atoms with Crippen molar-refractivity contribution in [3.8, 4) is 0 Å². The highest BCUT2D eigenvalue weighted by Crippen LogP contribution is 2.31. The second kappa shape index (κ2) is 7.05. The Hall–Kier alpha value is -1.00. The number of ether oxygens (including phenoxy) is 1. The van der Waals surface area contributed by atoms with Crippen molar-refractivity contribution in [2.75, 3.05) is 19.8 Å². The van der Waals surface area contributed by atoms with Gasteiger partial charge in [0.05, 0.1) is 5.25 Å². The fourth-order valence-corrected chi connectivity index (χ4v) is 4.58. The number of hydrogen-bond donors (Lipinski definition) is 0. The molecule has 0 aliphatic carbocycles. The Morgan fingerprint density at radius 3 is 2.77 bits per heavy atom. The first kappa shape index (κ1) is 15.9. The molecular weight excluding hydrogens is 294 g/mol. The van der Waals surface area contributed by atoms with E-state index in [4.69, 9.17) is 4.74 Å². The lowest BCUT2D eigenvalue weighted by molar-refractivity contribution is -0.130. The predicted octanol–water partition coefficient (Wildman–Crippen LogP) is 3.32. The number of nitrogens with zero attached hydrogens (tertiary/aromatic N) is 1. The summed E-state index contributed by atoms with van der Waals surface area (Å²) in [6.45, 7) is 6.80. The van der Waals surface area contributed by atoms with E-state index in [0.29, 0.717) is 11.9 Å². The van der Waals surface area contributed by atoms with Gasteiger partial charge in [-0.1, -0.05) is 23.8 Å². The number of benzene rings is 1. The Kier molecular flexibility index (Phi) is 5.09. The van der Waals surface area contributed by atoms with Gasteiger partial charge in [0.2, 0.25) is 5.91 Å². The highest BCUT2D eigenvalue weighted by atomic mass is 32.2. The Morgan fingerprint density at radius 1 is 1.23 bits per heavy atom. The average Bonchev–Trinajstić information content (AvgIpc) is 2.90. The molecule has 1 aromatic rings. The van der Waals surface area contributed by atoms with Crippen molar-refractivity contribution in [3.05, 3.63) is 34.9 Å². The number of thioether (sulfide) groups is 1. The molecule has 1 atom stereocenters. The number of rotatable bonds is 4. The Morgan fingerprint density at radius 2 is 2.00 bits per heavy atom.